The quantitative estimate of drug-likeness (QED) is 0.656. The zero-order valence-electron chi connectivity index (χ0n) is 12.4. The van der Waals surface area contributed by atoms with Crippen molar-refractivity contribution in [1.82, 2.24) is 5.32 Å². The lowest BCUT2D eigenvalue weighted by Gasteiger charge is -2.16. The third kappa shape index (κ3) is 3.82. The molecule has 116 valence electrons. The van der Waals surface area contributed by atoms with Crippen molar-refractivity contribution < 1.29 is 9.72 Å². The predicted octanol–water partition coefficient (Wildman–Crippen LogP) is 2.69. The summed E-state index contributed by atoms with van der Waals surface area (Å²) in [6, 6.07) is 8.28. The Labute approximate surface area is 132 Å². The molecule has 1 N–H and O–H groups in total. The lowest BCUT2D eigenvalue weighted by molar-refractivity contribution is -0.384. The number of nitro benzene ring substituents is 1. The van der Waals surface area contributed by atoms with Crippen LogP contribution in [0.25, 0.3) is 0 Å². The fraction of sp³-hybridized carbons (Fsp3) is 0.267. The molecule has 1 amide bonds. The third-order valence-electron chi connectivity index (χ3n) is 3.15. The fourth-order valence-corrected chi connectivity index (χ4v) is 2.77. The molecule has 7 heteroatoms. The molecule has 2 aromatic rings. The van der Waals surface area contributed by atoms with Crippen LogP contribution in [0.5, 0.6) is 0 Å². The maximum atomic E-state index is 12.3. The van der Waals surface area contributed by atoms with Crippen molar-refractivity contribution in [3.63, 3.8) is 0 Å². The van der Waals surface area contributed by atoms with E-state index in [1.807, 2.05) is 17.5 Å². The van der Waals surface area contributed by atoms with Crippen LogP contribution in [0.4, 0.5) is 11.4 Å². The molecule has 1 heterocycles. The molecule has 22 heavy (non-hydrogen) atoms. The van der Waals surface area contributed by atoms with Gasteiger partial charge in [0.2, 0.25) is 0 Å². The summed E-state index contributed by atoms with van der Waals surface area (Å²) in [4.78, 5) is 25.7. The maximum Gasteiger partial charge on any atom is 0.270 e. The van der Waals surface area contributed by atoms with Gasteiger partial charge in [-0.25, -0.2) is 0 Å². The van der Waals surface area contributed by atoms with Crippen LogP contribution in [-0.4, -0.2) is 31.5 Å². The van der Waals surface area contributed by atoms with Gasteiger partial charge in [-0.05, 0) is 23.9 Å². The number of rotatable bonds is 6. The van der Waals surface area contributed by atoms with Crippen molar-refractivity contribution in [3.8, 4) is 0 Å². The molecule has 1 aromatic carbocycles. The predicted molar refractivity (Wildman–Crippen MR) is 87.8 cm³/mol. The standard InChI is InChI=1S/C15H17N3O3S/c1-17(2)14-6-5-11(18(20)21)10-13(14)15(19)16-8-7-12-4-3-9-22-12/h3-6,9-10H,7-8H2,1-2H3,(H,16,19). The minimum Gasteiger partial charge on any atom is -0.377 e. The molecule has 1 aromatic heterocycles. The Balaban J connectivity index is 2.12. The molecule has 0 saturated carbocycles. The topological polar surface area (TPSA) is 75.5 Å². The number of amides is 1. The first-order valence-corrected chi connectivity index (χ1v) is 7.63. The number of non-ortho nitro benzene ring substituents is 1. The molecule has 0 aliphatic heterocycles. The minimum absolute atomic E-state index is 0.0889. The number of nitro groups is 1. The molecule has 0 radical (unpaired) electrons. The zero-order valence-corrected chi connectivity index (χ0v) is 13.2. The SMILES string of the molecule is CN(C)c1ccc([N+](=O)[O-])cc1C(=O)NCCc1cccs1. The van der Waals surface area contributed by atoms with Crippen molar-refractivity contribution in [1.29, 1.82) is 0 Å². The Morgan fingerprint density at radius 3 is 2.73 bits per heavy atom. The summed E-state index contributed by atoms with van der Waals surface area (Å²) in [6.45, 7) is 0.495. The number of hydrogen-bond acceptors (Lipinski definition) is 5. The zero-order chi connectivity index (χ0) is 16.1. The lowest BCUT2D eigenvalue weighted by Crippen LogP contribution is -2.27. The van der Waals surface area contributed by atoms with Crippen LogP contribution in [0.2, 0.25) is 0 Å². The number of benzene rings is 1. The molecule has 0 aliphatic rings. The summed E-state index contributed by atoms with van der Waals surface area (Å²) in [5.74, 6) is -0.302. The van der Waals surface area contributed by atoms with Crippen LogP contribution in [0, 0.1) is 10.1 Å². The Bertz CT molecular complexity index is 669. The van der Waals surface area contributed by atoms with Crippen molar-refractivity contribution >= 4 is 28.6 Å². The van der Waals surface area contributed by atoms with Gasteiger partial charge in [-0.1, -0.05) is 6.07 Å². The first kappa shape index (κ1) is 16.0. The van der Waals surface area contributed by atoms with E-state index in [1.165, 1.54) is 17.0 Å². The van der Waals surface area contributed by atoms with Gasteiger partial charge in [0, 0.05) is 43.3 Å². The van der Waals surface area contributed by atoms with E-state index in [0.29, 0.717) is 17.8 Å². The van der Waals surface area contributed by atoms with E-state index in [4.69, 9.17) is 0 Å². The summed E-state index contributed by atoms with van der Waals surface area (Å²) >= 11 is 1.64. The highest BCUT2D eigenvalue weighted by molar-refractivity contribution is 7.09. The molecule has 6 nitrogen and oxygen atoms in total. The number of carbonyl (C=O) groups is 1. The second-order valence-electron chi connectivity index (χ2n) is 4.94. The van der Waals surface area contributed by atoms with Crippen molar-refractivity contribution in [2.45, 2.75) is 6.42 Å². The smallest absolute Gasteiger partial charge is 0.270 e. The Kier molecular flexibility index (Phi) is 5.11. The van der Waals surface area contributed by atoms with Crippen LogP contribution in [0.15, 0.2) is 35.7 Å². The monoisotopic (exact) mass is 319 g/mol. The minimum atomic E-state index is -0.498. The molecular weight excluding hydrogens is 302 g/mol. The van der Waals surface area contributed by atoms with Crippen LogP contribution in [-0.2, 0) is 6.42 Å². The largest absolute Gasteiger partial charge is 0.377 e. The summed E-state index contributed by atoms with van der Waals surface area (Å²) in [5, 5.41) is 15.7. The van der Waals surface area contributed by atoms with Crippen molar-refractivity contribution in [2.24, 2.45) is 0 Å². The Hall–Kier alpha value is -2.41. The van der Waals surface area contributed by atoms with Gasteiger partial charge < -0.3 is 10.2 Å². The normalized spacial score (nSPS) is 10.3. The van der Waals surface area contributed by atoms with Gasteiger partial charge in [-0.2, -0.15) is 0 Å². The highest BCUT2D eigenvalue weighted by Crippen LogP contribution is 2.24. The first-order chi connectivity index (χ1) is 10.5. The summed E-state index contributed by atoms with van der Waals surface area (Å²) < 4.78 is 0. The molecule has 2 rings (SSSR count). The number of carbonyl (C=O) groups excluding carboxylic acids is 1. The van der Waals surface area contributed by atoms with E-state index in [0.717, 1.165) is 6.42 Å². The second kappa shape index (κ2) is 7.04. The average Bonchev–Trinajstić information content (AvgIpc) is 2.99. The van der Waals surface area contributed by atoms with Gasteiger partial charge >= 0.3 is 0 Å². The highest BCUT2D eigenvalue weighted by atomic mass is 32.1. The molecule has 0 aliphatic carbocycles. The average molecular weight is 319 g/mol. The van der Waals surface area contributed by atoms with Crippen molar-refractivity contribution in [3.05, 3.63) is 56.3 Å². The Morgan fingerprint density at radius 2 is 2.14 bits per heavy atom. The van der Waals surface area contributed by atoms with Crippen LogP contribution in [0.1, 0.15) is 15.2 Å². The Morgan fingerprint density at radius 1 is 1.36 bits per heavy atom. The summed E-state index contributed by atoms with van der Waals surface area (Å²) in [7, 11) is 3.59. The molecule has 0 fully saturated rings. The fourth-order valence-electron chi connectivity index (χ4n) is 2.06. The molecule has 0 unspecified atom stereocenters. The van der Waals surface area contributed by atoms with E-state index >= 15 is 0 Å². The maximum absolute atomic E-state index is 12.3. The number of hydrogen-bond donors (Lipinski definition) is 1. The molecule has 0 bridgehead atoms. The van der Waals surface area contributed by atoms with Gasteiger partial charge in [0.15, 0.2) is 0 Å². The summed E-state index contributed by atoms with van der Waals surface area (Å²) in [5.41, 5.74) is 0.874. The van der Waals surface area contributed by atoms with Crippen molar-refractivity contribution in [2.75, 3.05) is 25.5 Å². The number of anilines is 1. The van der Waals surface area contributed by atoms with Crippen LogP contribution < -0.4 is 10.2 Å². The molecule has 0 atom stereocenters. The van der Waals surface area contributed by atoms with Gasteiger partial charge in [-0.15, -0.1) is 11.3 Å². The van der Waals surface area contributed by atoms with E-state index in [2.05, 4.69) is 5.32 Å². The van der Waals surface area contributed by atoms with Crippen LogP contribution in [0.3, 0.4) is 0 Å². The van der Waals surface area contributed by atoms with E-state index in [9.17, 15) is 14.9 Å². The van der Waals surface area contributed by atoms with Gasteiger partial charge in [0.05, 0.1) is 10.5 Å². The molecular formula is C15H17N3O3S. The lowest BCUT2D eigenvalue weighted by atomic mass is 10.1. The van der Waals surface area contributed by atoms with Crippen LogP contribution >= 0.6 is 11.3 Å². The highest BCUT2D eigenvalue weighted by Gasteiger charge is 2.17. The van der Waals surface area contributed by atoms with Gasteiger partial charge in [0.25, 0.3) is 11.6 Å². The second-order valence-corrected chi connectivity index (χ2v) is 5.97. The van der Waals surface area contributed by atoms with Gasteiger partial charge in [0.1, 0.15) is 0 Å². The van der Waals surface area contributed by atoms with Gasteiger partial charge in [-0.3, -0.25) is 14.9 Å². The van der Waals surface area contributed by atoms with E-state index < -0.39 is 4.92 Å². The van der Waals surface area contributed by atoms with E-state index in [1.54, 1.807) is 36.4 Å². The molecule has 0 spiro atoms. The first-order valence-electron chi connectivity index (χ1n) is 6.75. The number of thiophene rings is 1. The summed E-state index contributed by atoms with van der Waals surface area (Å²) in [6.07, 6.45) is 0.746. The van der Waals surface area contributed by atoms with E-state index in [-0.39, 0.29) is 11.6 Å². The third-order valence-corrected chi connectivity index (χ3v) is 4.09. The number of nitrogens with zero attached hydrogens (tertiary/aromatic N) is 2. The number of nitrogens with one attached hydrogen (secondary N) is 1. The molecule has 0 saturated heterocycles.